The van der Waals surface area contributed by atoms with Gasteiger partial charge in [-0.15, -0.1) is 11.3 Å². The molecule has 0 amide bonds. The number of aryl methyl sites for hydroxylation is 1. The van der Waals surface area contributed by atoms with Gasteiger partial charge in [0.1, 0.15) is 17.7 Å². The standard InChI is InChI=1S/C13H12BrFO2S/c1-7-5-11(18-13(7)14)12(16)9-6-8(15)3-4-10(9)17-2/h3-6,12,16H,1-2H3. The van der Waals surface area contributed by atoms with Gasteiger partial charge in [0.05, 0.1) is 10.9 Å². The Morgan fingerprint density at radius 2 is 2.11 bits per heavy atom. The third kappa shape index (κ3) is 2.58. The van der Waals surface area contributed by atoms with Crippen LogP contribution in [0.3, 0.4) is 0 Å². The molecule has 0 aliphatic heterocycles. The van der Waals surface area contributed by atoms with Crippen molar-refractivity contribution in [2.45, 2.75) is 13.0 Å². The summed E-state index contributed by atoms with van der Waals surface area (Å²) in [4.78, 5) is 0.753. The van der Waals surface area contributed by atoms with E-state index in [-0.39, 0.29) is 0 Å². The highest BCUT2D eigenvalue weighted by atomic mass is 79.9. The molecule has 0 bridgehead atoms. The molecule has 1 N–H and O–H groups in total. The second-order valence-electron chi connectivity index (χ2n) is 3.89. The summed E-state index contributed by atoms with van der Waals surface area (Å²) in [6.07, 6.45) is -0.884. The Balaban J connectivity index is 2.44. The number of benzene rings is 1. The number of hydrogen-bond acceptors (Lipinski definition) is 3. The molecule has 0 aliphatic carbocycles. The molecule has 5 heteroatoms. The molecular formula is C13H12BrFO2S. The van der Waals surface area contributed by atoms with E-state index in [4.69, 9.17) is 4.74 Å². The maximum atomic E-state index is 13.3. The summed E-state index contributed by atoms with van der Waals surface area (Å²) in [5.74, 6) is 0.0864. The zero-order valence-corrected chi connectivity index (χ0v) is 12.3. The molecule has 0 aliphatic rings. The van der Waals surface area contributed by atoms with Crippen molar-refractivity contribution >= 4 is 27.3 Å². The minimum Gasteiger partial charge on any atom is -0.496 e. The highest BCUT2D eigenvalue weighted by molar-refractivity contribution is 9.11. The van der Waals surface area contributed by atoms with E-state index >= 15 is 0 Å². The van der Waals surface area contributed by atoms with Crippen LogP contribution in [0.15, 0.2) is 28.1 Å². The molecule has 0 saturated heterocycles. The van der Waals surface area contributed by atoms with E-state index in [1.807, 2.05) is 13.0 Å². The van der Waals surface area contributed by atoms with Crippen molar-refractivity contribution in [3.05, 3.63) is 49.9 Å². The van der Waals surface area contributed by atoms with Gasteiger partial charge in [0.2, 0.25) is 0 Å². The van der Waals surface area contributed by atoms with Crippen LogP contribution in [0.2, 0.25) is 0 Å². The monoisotopic (exact) mass is 330 g/mol. The second kappa shape index (κ2) is 5.38. The van der Waals surface area contributed by atoms with Gasteiger partial charge >= 0.3 is 0 Å². The van der Waals surface area contributed by atoms with Crippen LogP contribution in [0, 0.1) is 12.7 Å². The van der Waals surface area contributed by atoms with Crippen molar-refractivity contribution in [3.8, 4) is 5.75 Å². The number of aliphatic hydroxyl groups excluding tert-OH is 1. The molecule has 2 aromatic rings. The second-order valence-corrected chi connectivity index (χ2v) is 6.30. The third-order valence-electron chi connectivity index (χ3n) is 2.63. The van der Waals surface area contributed by atoms with Gasteiger partial charge in [-0.25, -0.2) is 4.39 Å². The zero-order valence-electron chi connectivity index (χ0n) is 9.91. The van der Waals surface area contributed by atoms with E-state index in [2.05, 4.69) is 15.9 Å². The van der Waals surface area contributed by atoms with Crippen molar-refractivity contribution in [1.29, 1.82) is 0 Å². The molecule has 0 fully saturated rings. The molecule has 96 valence electrons. The lowest BCUT2D eigenvalue weighted by Crippen LogP contribution is -2.01. The Hall–Kier alpha value is -0.910. The first-order chi connectivity index (χ1) is 8.52. The van der Waals surface area contributed by atoms with Gasteiger partial charge in [0, 0.05) is 10.4 Å². The van der Waals surface area contributed by atoms with Crippen LogP contribution in [-0.4, -0.2) is 12.2 Å². The van der Waals surface area contributed by atoms with Gasteiger partial charge in [-0.3, -0.25) is 0 Å². The van der Waals surface area contributed by atoms with Gasteiger partial charge in [0.25, 0.3) is 0 Å². The lowest BCUT2D eigenvalue weighted by atomic mass is 10.1. The van der Waals surface area contributed by atoms with E-state index in [0.29, 0.717) is 11.3 Å². The summed E-state index contributed by atoms with van der Waals surface area (Å²) in [6, 6.07) is 6.00. The number of halogens is 2. The normalized spacial score (nSPS) is 12.5. The smallest absolute Gasteiger partial charge is 0.125 e. The average Bonchev–Trinajstić information content (AvgIpc) is 2.68. The molecule has 1 heterocycles. The van der Waals surface area contributed by atoms with Crippen molar-refractivity contribution in [2.75, 3.05) is 7.11 Å². The van der Waals surface area contributed by atoms with E-state index in [0.717, 1.165) is 14.2 Å². The fourth-order valence-corrected chi connectivity index (χ4v) is 3.27. The van der Waals surface area contributed by atoms with Crippen LogP contribution >= 0.6 is 27.3 Å². The summed E-state index contributed by atoms with van der Waals surface area (Å²) in [5.41, 5.74) is 1.48. The van der Waals surface area contributed by atoms with Crippen LogP contribution in [0.25, 0.3) is 0 Å². The van der Waals surface area contributed by atoms with Crippen molar-refractivity contribution in [3.63, 3.8) is 0 Å². The van der Waals surface area contributed by atoms with Gasteiger partial charge in [-0.1, -0.05) is 0 Å². The highest BCUT2D eigenvalue weighted by Gasteiger charge is 2.19. The van der Waals surface area contributed by atoms with E-state index < -0.39 is 11.9 Å². The molecular weight excluding hydrogens is 319 g/mol. The summed E-state index contributed by atoms with van der Waals surface area (Å²) in [6.45, 7) is 1.94. The predicted molar refractivity (Wildman–Crippen MR) is 73.8 cm³/mol. The highest BCUT2D eigenvalue weighted by Crippen LogP contribution is 2.37. The quantitative estimate of drug-likeness (QED) is 0.919. The number of rotatable bonds is 3. The molecule has 1 unspecified atom stereocenters. The molecule has 0 spiro atoms. The van der Waals surface area contributed by atoms with Gasteiger partial charge in [0.15, 0.2) is 0 Å². The van der Waals surface area contributed by atoms with Gasteiger partial charge in [-0.05, 0) is 52.7 Å². The Kier molecular flexibility index (Phi) is 4.04. The largest absolute Gasteiger partial charge is 0.496 e. The number of thiophene rings is 1. The summed E-state index contributed by atoms with van der Waals surface area (Å²) >= 11 is 4.84. The fourth-order valence-electron chi connectivity index (χ4n) is 1.69. The molecule has 1 aromatic heterocycles. The average molecular weight is 331 g/mol. The number of hydrogen-bond donors (Lipinski definition) is 1. The zero-order chi connectivity index (χ0) is 13.3. The predicted octanol–water partition coefficient (Wildman–Crippen LogP) is 4.05. The first kappa shape index (κ1) is 13.5. The maximum Gasteiger partial charge on any atom is 0.125 e. The SMILES string of the molecule is COc1ccc(F)cc1C(O)c1cc(C)c(Br)s1. The summed E-state index contributed by atoms with van der Waals surface area (Å²) in [5, 5.41) is 10.3. The Bertz CT molecular complexity index is 549. The summed E-state index contributed by atoms with van der Waals surface area (Å²) in [7, 11) is 1.50. The molecule has 1 aromatic carbocycles. The lowest BCUT2D eigenvalue weighted by molar-refractivity contribution is 0.218. The molecule has 2 nitrogen and oxygen atoms in total. The summed E-state index contributed by atoms with van der Waals surface area (Å²) < 4.78 is 19.4. The number of ether oxygens (including phenoxy) is 1. The molecule has 2 rings (SSSR count). The van der Waals surface area contributed by atoms with Crippen LogP contribution in [-0.2, 0) is 0 Å². The van der Waals surface area contributed by atoms with Crippen molar-refractivity contribution in [1.82, 2.24) is 0 Å². The van der Waals surface area contributed by atoms with E-state index in [9.17, 15) is 9.50 Å². The molecule has 18 heavy (non-hydrogen) atoms. The first-order valence-electron chi connectivity index (χ1n) is 5.30. The van der Waals surface area contributed by atoms with Crippen molar-refractivity contribution in [2.24, 2.45) is 0 Å². The van der Waals surface area contributed by atoms with Crippen LogP contribution < -0.4 is 4.74 Å². The van der Waals surface area contributed by atoms with Crippen LogP contribution in [0.5, 0.6) is 5.75 Å². The fraction of sp³-hybridized carbons (Fsp3) is 0.231. The van der Waals surface area contributed by atoms with E-state index in [1.54, 1.807) is 0 Å². The third-order valence-corrected chi connectivity index (χ3v) is 4.82. The molecule has 1 atom stereocenters. The lowest BCUT2D eigenvalue weighted by Gasteiger charge is -2.13. The van der Waals surface area contributed by atoms with Crippen LogP contribution in [0.1, 0.15) is 22.1 Å². The Morgan fingerprint density at radius 1 is 1.39 bits per heavy atom. The van der Waals surface area contributed by atoms with Crippen LogP contribution in [0.4, 0.5) is 4.39 Å². The van der Waals surface area contributed by atoms with E-state index in [1.165, 1.54) is 36.6 Å². The minimum absolute atomic E-state index is 0.391. The number of aliphatic hydroxyl groups is 1. The Morgan fingerprint density at radius 3 is 2.67 bits per heavy atom. The maximum absolute atomic E-state index is 13.3. The molecule has 0 radical (unpaired) electrons. The Labute approximate surface area is 117 Å². The van der Waals surface area contributed by atoms with Gasteiger partial charge < -0.3 is 9.84 Å². The first-order valence-corrected chi connectivity index (χ1v) is 6.91. The number of methoxy groups -OCH3 is 1. The minimum atomic E-state index is -0.884. The molecule has 0 saturated carbocycles. The topological polar surface area (TPSA) is 29.5 Å². The van der Waals surface area contributed by atoms with Gasteiger partial charge in [-0.2, -0.15) is 0 Å². The van der Waals surface area contributed by atoms with Crippen molar-refractivity contribution < 1.29 is 14.2 Å².